The number of rotatable bonds is 6. The van der Waals surface area contributed by atoms with Crippen molar-refractivity contribution >= 4 is 50.9 Å². The van der Waals surface area contributed by atoms with E-state index in [9.17, 15) is 9.59 Å². The summed E-state index contributed by atoms with van der Waals surface area (Å²) in [7, 11) is 3.67. The van der Waals surface area contributed by atoms with Gasteiger partial charge in [-0.3, -0.25) is 9.69 Å². The molecular weight excluding hydrogens is 494 g/mol. The molecule has 3 amide bonds. The van der Waals surface area contributed by atoms with E-state index >= 15 is 0 Å². The summed E-state index contributed by atoms with van der Waals surface area (Å²) in [5, 5.41) is 9.48. The molecule has 32 heavy (non-hydrogen) atoms. The number of hydrogen-bond acceptors (Lipinski definition) is 4. The summed E-state index contributed by atoms with van der Waals surface area (Å²) in [6, 6.07) is 11.6. The van der Waals surface area contributed by atoms with Crippen molar-refractivity contribution < 1.29 is 9.59 Å². The van der Waals surface area contributed by atoms with Crippen LogP contribution in [-0.4, -0.2) is 42.8 Å². The van der Waals surface area contributed by atoms with E-state index < -0.39 is 18.0 Å². The number of halogens is 2. The van der Waals surface area contributed by atoms with Gasteiger partial charge in [0, 0.05) is 29.3 Å². The van der Waals surface area contributed by atoms with Gasteiger partial charge in [0.2, 0.25) is 5.91 Å². The highest BCUT2D eigenvalue weighted by atomic mass is 79.9. The Balaban J connectivity index is 1.95. The molecular formula is C23H23BrClN5O2. The molecule has 9 heteroatoms. The van der Waals surface area contributed by atoms with Crippen LogP contribution in [0, 0.1) is 0 Å². The Kier molecular flexibility index (Phi) is 7.71. The quantitative estimate of drug-likeness (QED) is 0.562. The molecule has 0 bridgehead atoms. The molecule has 0 saturated heterocycles. The van der Waals surface area contributed by atoms with Gasteiger partial charge in [0.15, 0.2) is 0 Å². The summed E-state index contributed by atoms with van der Waals surface area (Å²) in [5.41, 5.74) is 7.55. The predicted octanol–water partition coefficient (Wildman–Crippen LogP) is 4.26. The maximum Gasteiger partial charge on any atom is 0.320 e. The number of carbonyl (C=O) groups excluding carboxylic acids is 2. The Morgan fingerprint density at radius 2 is 1.72 bits per heavy atom. The normalized spacial score (nSPS) is 15.8. The van der Waals surface area contributed by atoms with Crippen molar-refractivity contribution in [1.29, 1.82) is 0 Å². The van der Waals surface area contributed by atoms with Gasteiger partial charge in [-0.1, -0.05) is 57.9 Å². The second-order valence-electron chi connectivity index (χ2n) is 7.23. The van der Waals surface area contributed by atoms with Crippen LogP contribution in [0.3, 0.4) is 0 Å². The lowest BCUT2D eigenvalue weighted by Gasteiger charge is -2.31. The standard InChI is InChI=1S/C23H23BrClN5O2/c1-29(2)28-17-11-9-16(10-12-17)27-22(31)21(19-5-3-4-6-20(19)24)30(23(26)32)18-13-7-15(25)8-14-18/h3-14,16,21H,1-2H3,(H2,26,32)(H,27,31). The number of primary amides is 1. The van der Waals surface area contributed by atoms with Gasteiger partial charge < -0.3 is 16.1 Å². The number of benzene rings is 2. The van der Waals surface area contributed by atoms with Gasteiger partial charge in [-0.15, -0.1) is 0 Å². The summed E-state index contributed by atoms with van der Waals surface area (Å²) in [6.07, 6.45) is 7.30. The fourth-order valence-electron chi connectivity index (χ4n) is 3.26. The van der Waals surface area contributed by atoms with Crippen LogP contribution < -0.4 is 16.0 Å². The maximum atomic E-state index is 13.5. The Bertz CT molecular complexity index is 1070. The Hall–Kier alpha value is -3.10. The summed E-state index contributed by atoms with van der Waals surface area (Å²) in [5.74, 6) is -0.391. The number of anilines is 1. The Labute approximate surface area is 200 Å². The van der Waals surface area contributed by atoms with Gasteiger partial charge in [-0.25, -0.2) is 4.79 Å². The summed E-state index contributed by atoms with van der Waals surface area (Å²) < 4.78 is 0.676. The number of hydrazone groups is 1. The molecule has 166 valence electrons. The van der Waals surface area contributed by atoms with E-state index in [1.807, 2.05) is 44.5 Å². The number of nitrogens with zero attached hydrogens (tertiary/aromatic N) is 3. The zero-order valence-electron chi connectivity index (χ0n) is 17.6. The molecule has 0 spiro atoms. The zero-order valence-corrected chi connectivity index (χ0v) is 19.9. The second kappa shape index (κ2) is 10.5. The third-order valence-electron chi connectivity index (χ3n) is 4.62. The lowest BCUT2D eigenvalue weighted by atomic mass is 10.0. The molecule has 0 aliphatic heterocycles. The van der Waals surface area contributed by atoms with Crippen LogP contribution >= 0.6 is 27.5 Å². The highest BCUT2D eigenvalue weighted by Crippen LogP contribution is 2.32. The van der Waals surface area contributed by atoms with Gasteiger partial charge in [-0.05, 0) is 48.0 Å². The van der Waals surface area contributed by atoms with Crippen LogP contribution in [0.2, 0.25) is 5.02 Å². The predicted molar refractivity (Wildman–Crippen MR) is 132 cm³/mol. The second-order valence-corrected chi connectivity index (χ2v) is 8.52. The fraction of sp³-hybridized carbons (Fsp3) is 0.174. The van der Waals surface area contributed by atoms with Gasteiger partial charge >= 0.3 is 6.03 Å². The third kappa shape index (κ3) is 5.77. The van der Waals surface area contributed by atoms with E-state index in [0.29, 0.717) is 20.7 Å². The molecule has 0 saturated carbocycles. The van der Waals surface area contributed by atoms with Crippen LogP contribution in [0.25, 0.3) is 0 Å². The number of nitrogens with one attached hydrogen (secondary N) is 1. The molecule has 1 atom stereocenters. The monoisotopic (exact) mass is 515 g/mol. The van der Waals surface area contributed by atoms with Crippen molar-refractivity contribution in [2.45, 2.75) is 12.1 Å². The van der Waals surface area contributed by atoms with Gasteiger partial charge in [-0.2, -0.15) is 5.10 Å². The van der Waals surface area contributed by atoms with Crippen molar-refractivity contribution in [3.8, 4) is 0 Å². The van der Waals surface area contributed by atoms with E-state index in [4.69, 9.17) is 17.3 Å². The van der Waals surface area contributed by atoms with Crippen molar-refractivity contribution in [3.63, 3.8) is 0 Å². The molecule has 2 aromatic carbocycles. The number of carbonyl (C=O) groups is 2. The molecule has 0 aromatic heterocycles. The van der Waals surface area contributed by atoms with E-state index in [2.05, 4.69) is 26.3 Å². The van der Waals surface area contributed by atoms with E-state index in [1.54, 1.807) is 47.5 Å². The molecule has 1 aliphatic carbocycles. The summed E-state index contributed by atoms with van der Waals surface area (Å²) in [6.45, 7) is 0. The van der Waals surface area contributed by atoms with Crippen LogP contribution in [0.1, 0.15) is 11.6 Å². The Morgan fingerprint density at radius 1 is 1.09 bits per heavy atom. The average molecular weight is 517 g/mol. The minimum Gasteiger partial charge on any atom is -0.351 e. The first-order valence-electron chi connectivity index (χ1n) is 9.77. The fourth-order valence-corrected chi connectivity index (χ4v) is 3.89. The van der Waals surface area contributed by atoms with Gasteiger partial charge in [0.05, 0.1) is 11.8 Å². The molecule has 3 N–H and O–H groups in total. The highest BCUT2D eigenvalue weighted by Gasteiger charge is 2.33. The van der Waals surface area contributed by atoms with Gasteiger partial charge in [0.1, 0.15) is 6.04 Å². The van der Waals surface area contributed by atoms with Crippen LogP contribution in [0.5, 0.6) is 0 Å². The number of nitrogens with two attached hydrogens (primary N) is 1. The number of amides is 3. The molecule has 2 aromatic rings. The van der Waals surface area contributed by atoms with E-state index in [1.165, 1.54) is 4.90 Å². The molecule has 0 heterocycles. The lowest BCUT2D eigenvalue weighted by Crippen LogP contribution is -2.48. The first-order valence-corrected chi connectivity index (χ1v) is 10.9. The van der Waals surface area contributed by atoms with E-state index in [0.717, 1.165) is 5.71 Å². The van der Waals surface area contributed by atoms with Crippen molar-refractivity contribution in [3.05, 3.63) is 87.9 Å². The first kappa shape index (κ1) is 23.6. The minimum atomic E-state index is -1.01. The molecule has 0 fully saturated rings. The van der Waals surface area contributed by atoms with Crippen molar-refractivity contribution in [1.82, 2.24) is 10.3 Å². The minimum absolute atomic E-state index is 0.367. The molecule has 1 unspecified atom stereocenters. The number of urea groups is 1. The van der Waals surface area contributed by atoms with E-state index in [-0.39, 0.29) is 6.04 Å². The summed E-state index contributed by atoms with van der Waals surface area (Å²) in [4.78, 5) is 27.3. The molecule has 7 nitrogen and oxygen atoms in total. The number of hydrogen-bond donors (Lipinski definition) is 2. The maximum absolute atomic E-state index is 13.5. The van der Waals surface area contributed by atoms with Crippen LogP contribution in [0.15, 0.2) is 82.4 Å². The molecule has 0 radical (unpaired) electrons. The highest BCUT2D eigenvalue weighted by molar-refractivity contribution is 9.10. The smallest absolute Gasteiger partial charge is 0.320 e. The Morgan fingerprint density at radius 3 is 2.28 bits per heavy atom. The largest absolute Gasteiger partial charge is 0.351 e. The first-order chi connectivity index (χ1) is 15.3. The van der Waals surface area contributed by atoms with Crippen LogP contribution in [-0.2, 0) is 4.79 Å². The topological polar surface area (TPSA) is 91.0 Å². The molecule has 1 aliphatic rings. The lowest BCUT2D eigenvalue weighted by molar-refractivity contribution is -0.122. The summed E-state index contributed by atoms with van der Waals surface area (Å²) >= 11 is 9.50. The van der Waals surface area contributed by atoms with Crippen LogP contribution in [0.4, 0.5) is 10.5 Å². The van der Waals surface area contributed by atoms with Gasteiger partial charge in [0.25, 0.3) is 0 Å². The molecule has 3 rings (SSSR count). The van der Waals surface area contributed by atoms with Crippen molar-refractivity contribution in [2.24, 2.45) is 10.8 Å². The number of allylic oxidation sites excluding steroid dienone is 2. The third-order valence-corrected chi connectivity index (χ3v) is 5.60. The zero-order chi connectivity index (χ0) is 23.3. The van der Waals surface area contributed by atoms with Crippen molar-refractivity contribution in [2.75, 3.05) is 19.0 Å². The average Bonchev–Trinajstić information content (AvgIpc) is 2.74. The SMILES string of the molecule is CN(C)N=C1C=CC(NC(=O)C(c2ccccc2Br)N(C(N)=O)c2ccc(Cl)cc2)C=C1.